The van der Waals surface area contributed by atoms with Crippen molar-refractivity contribution in [1.29, 1.82) is 0 Å². The lowest BCUT2D eigenvalue weighted by atomic mass is 9.65. The van der Waals surface area contributed by atoms with Crippen molar-refractivity contribution in [2.45, 2.75) is 12.0 Å². The third-order valence-corrected chi connectivity index (χ3v) is 8.34. The summed E-state index contributed by atoms with van der Waals surface area (Å²) in [6, 6.07) is 12.3. The molecule has 1 N–H and O–H groups in total. The number of hydrogen-bond donors (Lipinski definition) is 1. The lowest BCUT2D eigenvalue weighted by molar-refractivity contribution is -0.141. The van der Waals surface area contributed by atoms with Crippen molar-refractivity contribution in [3.8, 4) is 34.4 Å². The summed E-state index contributed by atoms with van der Waals surface area (Å²) >= 11 is 0. The third-order valence-electron chi connectivity index (χ3n) is 8.34. The number of carbonyl (C=O) groups is 2. The van der Waals surface area contributed by atoms with Gasteiger partial charge in [0.05, 0.1) is 51.8 Å². The van der Waals surface area contributed by atoms with Crippen LogP contribution in [0.5, 0.6) is 28.7 Å². The van der Waals surface area contributed by atoms with E-state index in [4.69, 9.17) is 28.4 Å². The number of amides is 1. The molecule has 1 saturated heterocycles. The van der Waals surface area contributed by atoms with Crippen molar-refractivity contribution in [3.05, 3.63) is 82.9 Å². The minimum Gasteiger partial charge on any atom is -0.493 e. The molecular weight excluding hydrogens is 575 g/mol. The minimum absolute atomic E-state index is 0.0464. The van der Waals surface area contributed by atoms with Crippen LogP contribution in [0.1, 0.15) is 39.1 Å². The highest BCUT2D eigenvalue weighted by atomic mass is 19.1. The largest absolute Gasteiger partial charge is 0.493 e. The van der Waals surface area contributed by atoms with Gasteiger partial charge in [0.2, 0.25) is 12.5 Å². The Morgan fingerprint density at radius 2 is 1.64 bits per heavy atom. The SMILES string of the molecule is COc1cc([C@@H]2c3cc4c(cc3[C@@H](NC(=O)c3cn(-c5ccc(F)cc5)nn3)[C@H]3COC(=O)[C@H]23)OCO4)cc(OC)c1OC. The van der Waals surface area contributed by atoms with Crippen LogP contribution in [0, 0.1) is 17.7 Å². The number of nitrogens with zero attached hydrogens (tertiary/aromatic N) is 3. The van der Waals surface area contributed by atoms with Gasteiger partial charge in [-0.05, 0) is 65.2 Å². The number of cyclic esters (lactones) is 1. The van der Waals surface area contributed by atoms with Crippen LogP contribution in [0.4, 0.5) is 4.39 Å². The Bertz CT molecular complexity index is 1750. The number of halogens is 1. The molecule has 2 aliphatic heterocycles. The predicted octanol–water partition coefficient (Wildman–Crippen LogP) is 3.57. The normalized spacial score (nSPS) is 21.2. The number of rotatable bonds is 7. The molecule has 3 aliphatic rings. The Morgan fingerprint density at radius 3 is 2.30 bits per heavy atom. The van der Waals surface area contributed by atoms with E-state index in [0.29, 0.717) is 34.4 Å². The third kappa shape index (κ3) is 4.43. The molecule has 1 amide bonds. The van der Waals surface area contributed by atoms with Gasteiger partial charge in [-0.3, -0.25) is 9.59 Å². The predicted molar refractivity (Wildman–Crippen MR) is 150 cm³/mol. The Hall–Kier alpha value is -5.33. The first-order chi connectivity index (χ1) is 21.4. The molecule has 44 heavy (non-hydrogen) atoms. The van der Waals surface area contributed by atoms with E-state index in [-0.39, 0.29) is 19.1 Å². The molecule has 7 rings (SSSR count). The summed E-state index contributed by atoms with van der Waals surface area (Å²) in [5, 5.41) is 11.1. The van der Waals surface area contributed by atoms with Gasteiger partial charge in [-0.25, -0.2) is 9.07 Å². The highest BCUT2D eigenvalue weighted by molar-refractivity contribution is 5.92. The van der Waals surface area contributed by atoms with Gasteiger partial charge in [0.25, 0.3) is 5.91 Å². The molecule has 4 aromatic rings. The van der Waals surface area contributed by atoms with Gasteiger partial charge in [0, 0.05) is 11.8 Å². The van der Waals surface area contributed by atoms with Crippen LogP contribution in [-0.2, 0) is 9.53 Å². The fourth-order valence-electron chi connectivity index (χ4n) is 6.33. The second-order valence-electron chi connectivity index (χ2n) is 10.6. The molecule has 13 heteroatoms. The van der Waals surface area contributed by atoms with Crippen LogP contribution in [0.2, 0.25) is 0 Å². The van der Waals surface area contributed by atoms with E-state index in [2.05, 4.69) is 15.6 Å². The number of carbonyl (C=O) groups excluding carboxylic acids is 2. The van der Waals surface area contributed by atoms with Gasteiger partial charge < -0.3 is 33.7 Å². The van der Waals surface area contributed by atoms with E-state index >= 15 is 0 Å². The maximum absolute atomic E-state index is 13.6. The maximum Gasteiger partial charge on any atom is 0.310 e. The Morgan fingerprint density at radius 1 is 0.955 bits per heavy atom. The fraction of sp³-hybridized carbons (Fsp3) is 0.290. The van der Waals surface area contributed by atoms with Gasteiger partial charge in [-0.15, -0.1) is 5.10 Å². The zero-order chi connectivity index (χ0) is 30.5. The van der Waals surface area contributed by atoms with Crippen molar-refractivity contribution >= 4 is 11.9 Å². The molecule has 3 aromatic carbocycles. The van der Waals surface area contributed by atoms with Gasteiger partial charge >= 0.3 is 5.97 Å². The second-order valence-corrected chi connectivity index (χ2v) is 10.6. The summed E-state index contributed by atoms with van der Waals surface area (Å²) in [7, 11) is 4.57. The first-order valence-corrected chi connectivity index (χ1v) is 13.8. The lowest BCUT2D eigenvalue weighted by Crippen LogP contribution is -2.43. The molecule has 4 atom stereocenters. The monoisotopic (exact) mass is 602 g/mol. The van der Waals surface area contributed by atoms with Crippen molar-refractivity contribution in [3.63, 3.8) is 0 Å². The molecule has 0 spiro atoms. The molecule has 3 heterocycles. The van der Waals surface area contributed by atoms with Gasteiger partial charge in [-0.2, -0.15) is 0 Å². The van der Waals surface area contributed by atoms with E-state index in [9.17, 15) is 14.0 Å². The average Bonchev–Trinajstić information content (AvgIpc) is 3.80. The van der Waals surface area contributed by atoms with Crippen molar-refractivity contribution < 1.29 is 42.4 Å². The first kappa shape index (κ1) is 27.5. The molecule has 12 nitrogen and oxygen atoms in total. The molecule has 1 aromatic heterocycles. The van der Waals surface area contributed by atoms with Gasteiger partial charge in [0.1, 0.15) is 5.82 Å². The van der Waals surface area contributed by atoms with Crippen LogP contribution in [-0.4, -0.2) is 61.6 Å². The summed E-state index contributed by atoms with van der Waals surface area (Å²) in [4.78, 5) is 27.0. The van der Waals surface area contributed by atoms with E-state index in [1.165, 1.54) is 56.5 Å². The van der Waals surface area contributed by atoms with Crippen LogP contribution in [0.15, 0.2) is 54.7 Å². The number of methoxy groups -OCH3 is 3. The molecule has 226 valence electrons. The van der Waals surface area contributed by atoms with Crippen LogP contribution < -0.4 is 29.0 Å². The maximum atomic E-state index is 13.6. The number of aromatic nitrogens is 3. The summed E-state index contributed by atoms with van der Waals surface area (Å²) in [5.41, 5.74) is 2.82. The minimum atomic E-state index is -0.661. The number of nitrogens with one attached hydrogen (secondary N) is 1. The molecule has 1 fully saturated rings. The molecule has 0 unspecified atom stereocenters. The summed E-state index contributed by atoms with van der Waals surface area (Å²) in [5.74, 6) is -0.535. The van der Waals surface area contributed by atoms with Gasteiger partial charge in [-0.1, -0.05) is 5.21 Å². The van der Waals surface area contributed by atoms with Crippen molar-refractivity contribution in [2.75, 3.05) is 34.7 Å². The zero-order valence-corrected chi connectivity index (χ0v) is 23.9. The van der Waals surface area contributed by atoms with Crippen molar-refractivity contribution in [1.82, 2.24) is 20.3 Å². The lowest BCUT2D eigenvalue weighted by Gasteiger charge is -2.39. The Kier molecular flexibility index (Phi) is 6.71. The fourth-order valence-corrected chi connectivity index (χ4v) is 6.33. The molecular formula is C31H27FN4O8. The molecule has 0 radical (unpaired) electrons. The molecule has 1 aliphatic carbocycles. The molecule has 0 saturated carbocycles. The standard InChI is InChI=1S/C31H27FN4O8/c1-39-24-8-15(9-25(40-2)29(24)41-3)26-18-10-22-23(44-14-43-22)11-19(18)28(20-13-42-31(38)27(20)26)33-30(37)21-12-36(35-34-21)17-6-4-16(32)5-7-17/h4-12,20,26-28H,13-14H2,1-3H3,(H,33,37)/t20-,26+,27-,28+/m0/s1. The van der Waals surface area contributed by atoms with E-state index in [1.807, 2.05) is 24.3 Å². The summed E-state index contributed by atoms with van der Waals surface area (Å²) in [6.07, 6.45) is 1.46. The van der Waals surface area contributed by atoms with E-state index in [0.717, 1.165) is 16.7 Å². The van der Waals surface area contributed by atoms with Crippen LogP contribution >= 0.6 is 0 Å². The smallest absolute Gasteiger partial charge is 0.310 e. The topological polar surface area (TPSA) is 132 Å². The van der Waals surface area contributed by atoms with E-state index < -0.39 is 41.5 Å². The Labute approximate surface area is 250 Å². The number of ether oxygens (including phenoxy) is 6. The van der Waals surface area contributed by atoms with Crippen molar-refractivity contribution in [2.24, 2.45) is 11.8 Å². The quantitative estimate of drug-likeness (QED) is 0.313. The molecule has 0 bridgehead atoms. The van der Waals surface area contributed by atoms with Crippen LogP contribution in [0.25, 0.3) is 5.69 Å². The highest BCUT2D eigenvalue weighted by Gasteiger charge is 2.53. The number of benzene rings is 3. The van der Waals surface area contributed by atoms with E-state index in [1.54, 1.807) is 0 Å². The zero-order valence-electron chi connectivity index (χ0n) is 23.9. The number of fused-ring (bicyclic) bond motifs is 3. The Balaban J connectivity index is 1.31. The first-order valence-electron chi connectivity index (χ1n) is 13.8. The number of hydrogen-bond acceptors (Lipinski definition) is 10. The second kappa shape index (κ2) is 10.7. The van der Waals surface area contributed by atoms with Crippen LogP contribution in [0.3, 0.4) is 0 Å². The summed E-state index contributed by atoms with van der Waals surface area (Å²) in [6.45, 7) is 0.136. The van der Waals surface area contributed by atoms with Gasteiger partial charge in [0.15, 0.2) is 28.7 Å². The number of esters is 1. The highest BCUT2D eigenvalue weighted by Crippen LogP contribution is 2.55. The average molecular weight is 603 g/mol. The summed E-state index contributed by atoms with van der Waals surface area (Å²) < 4.78 is 48.6.